The molecule has 0 aliphatic rings. The second-order valence-corrected chi connectivity index (χ2v) is 9.14. The molecule has 2 aromatic heterocycles. The maximum atomic E-state index is 13.7. The van der Waals surface area contributed by atoms with E-state index in [-0.39, 0.29) is 34.1 Å². The van der Waals surface area contributed by atoms with Crippen LogP contribution in [-0.2, 0) is 0 Å². The van der Waals surface area contributed by atoms with Crippen LogP contribution in [0.25, 0.3) is 22.4 Å². The fourth-order valence-corrected chi connectivity index (χ4v) is 4.55. The van der Waals surface area contributed by atoms with Crippen LogP contribution in [0.4, 0.5) is 15.9 Å². The predicted molar refractivity (Wildman–Crippen MR) is 154 cm³/mol. The minimum absolute atomic E-state index is 0.000547. The van der Waals surface area contributed by atoms with Crippen molar-refractivity contribution in [3.8, 4) is 34.2 Å². The average molecular weight is 542 g/mol. The first-order valence-electron chi connectivity index (χ1n) is 13.2. The number of aromatic hydroxyl groups is 1. The Morgan fingerprint density at radius 1 is 1.02 bits per heavy atom. The number of carbonyl (C=O) groups excluding carboxylic acids is 1. The summed E-state index contributed by atoms with van der Waals surface area (Å²) < 4.78 is 18.9. The van der Waals surface area contributed by atoms with Crippen LogP contribution in [0.5, 0.6) is 5.75 Å². The highest BCUT2D eigenvalue weighted by Crippen LogP contribution is 2.37. The first kappa shape index (κ1) is 28.3. The van der Waals surface area contributed by atoms with Crippen LogP contribution in [0.2, 0.25) is 0 Å². The number of amides is 1. The molecule has 0 unspecified atom stereocenters. The number of phenolic OH excluding ortho intramolecular Hbond substituents is 1. The van der Waals surface area contributed by atoms with Crippen LogP contribution in [0.3, 0.4) is 0 Å². The molecule has 0 aliphatic heterocycles. The highest BCUT2D eigenvalue weighted by molar-refractivity contribution is 6.03. The minimum atomic E-state index is -0.599. The van der Waals surface area contributed by atoms with Gasteiger partial charge in [-0.3, -0.25) is 4.79 Å². The zero-order chi connectivity index (χ0) is 28.6. The molecule has 8 nitrogen and oxygen atoms in total. The molecule has 4 rings (SSSR count). The van der Waals surface area contributed by atoms with Crippen molar-refractivity contribution in [1.82, 2.24) is 9.88 Å². The normalized spacial score (nSPS) is 10.9. The SMILES string of the molecule is CCN(CC)CCN(CC)c1cccc(-c2cc(-c3ccc(F)cc3O)nc(NC(=O)c3ccco3)c2C#N)c1. The number of halogens is 1. The summed E-state index contributed by atoms with van der Waals surface area (Å²) in [6.45, 7) is 10.9. The van der Waals surface area contributed by atoms with E-state index in [2.05, 4.69) is 46.9 Å². The maximum Gasteiger partial charge on any atom is 0.292 e. The number of phenols is 1. The summed E-state index contributed by atoms with van der Waals surface area (Å²) in [6, 6.07) is 18.4. The summed E-state index contributed by atoms with van der Waals surface area (Å²) in [5.41, 5.74) is 2.89. The molecule has 9 heteroatoms. The topological polar surface area (TPSA) is 106 Å². The standard InChI is InChI=1S/C31H32FN5O3/c1-4-36(5-2)14-15-37(6-3)23-10-7-9-21(17-23)25-19-27(24-13-12-22(32)18-28(24)38)34-30(26(25)20-33)35-31(39)29-11-8-16-40-29/h7-13,16-19,38H,4-6,14-15H2,1-3H3,(H,34,35,39). The molecule has 206 valence electrons. The third-order valence-corrected chi connectivity index (χ3v) is 6.83. The lowest BCUT2D eigenvalue weighted by molar-refractivity contribution is 0.0996. The molecule has 0 spiro atoms. The summed E-state index contributed by atoms with van der Waals surface area (Å²) >= 11 is 0. The number of nitrogens with zero attached hydrogens (tertiary/aromatic N) is 4. The van der Waals surface area contributed by atoms with Crippen molar-refractivity contribution in [2.24, 2.45) is 0 Å². The molecule has 0 saturated carbocycles. The van der Waals surface area contributed by atoms with Crippen LogP contribution in [0.15, 0.2) is 71.3 Å². The molecular formula is C31H32FN5O3. The van der Waals surface area contributed by atoms with E-state index in [4.69, 9.17) is 4.42 Å². The van der Waals surface area contributed by atoms with E-state index in [0.29, 0.717) is 5.56 Å². The number of anilines is 2. The Bertz CT molecular complexity index is 1510. The number of aromatic nitrogens is 1. The molecule has 0 atom stereocenters. The van der Waals surface area contributed by atoms with Crippen molar-refractivity contribution < 1.29 is 18.7 Å². The molecule has 0 fully saturated rings. The van der Waals surface area contributed by atoms with E-state index < -0.39 is 11.7 Å². The van der Waals surface area contributed by atoms with Crippen molar-refractivity contribution >= 4 is 17.4 Å². The van der Waals surface area contributed by atoms with Crippen molar-refractivity contribution in [3.63, 3.8) is 0 Å². The molecular weight excluding hydrogens is 509 g/mol. The highest BCUT2D eigenvalue weighted by atomic mass is 19.1. The van der Waals surface area contributed by atoms with Crippen molar-refractivity contribution in [3.05, 3.63) is 84.1 Å². The van der Waals surface area contributed by atoms with Gasteiger partial charge in [0.25, 0.3) is 5.91 Å². The Morgan fingerprint density at radius 2 is 1.82 bits per heavy atom. The Balaban J connectivity index is 1.82. The Morgan fingerprint density at radius 3 is 2.48 bits per heavy atom. The number of hydrogen-bond donors (Lipinski definition) is 2. The number of nitrogens with one attached hydrogen (secondary N) is 1. The second-order valence-electron chi connectivity index (χ2n) is 9.14. The number of hydrogen-bond acceptors (Lipinski definition) is 7. The summed E-state index contributed by atoms with van der Waals surface area (Å²) in [5.74, 6) is -1.44. The Labute approximate surface area is 233 Å². The van der Waals surface area contributed by atoms with E-state index >= 15 is 0 Å². The van der Waals surface area contributed by atoms with Crippen molar-refractivity contribution in [2.75, 3.05) is 42.9 Å². The molecule has 0 radical (unpaired) electrons. The molecule has 40 heavy (non-hydrogen) atoms. The van der Waals surface area contributed by atoms with Gasteiger partial charge in [0.05, 0.1) is 12.0 Å². The van der Waals surface area contributed by atoms with E-state index in [1.807, 2.05) is 24.3 Å². The number of benzene rings is 2. The molecule has 2 N–H and O–H groups in total. The van der Waals surface area contributed by atoms with Gasteiger partial charge < -0.3 is 24.6 Å². The first-order chi connectivity index (χ1) is 19.4. The predicted octanol–water partition coefficient (Wildman–Crippen LogP) is 6.15. The summed E-state index contributed by atoms with van der Waals surface area (Å²) in [7, 11) is 0. The van der Waals surface area contributed by atoms with Crippen molar-refractivity contribution in [1.29, 1.82) is 5.26 Å². The van der Waals surface area contributed by atoms with Crippen LogP contribution in [0.1, 0.15) is 36.9 Å². The van der Waals surface area contributed by atoms with E-state index in [9.17, 15) is 19.6 Å². The van der Waals surface area contributed by atoms with Gasteiger partial charge in [0.2, 0.25) is 0 Å². The largest absolute Gasteiger partial charge is 0.507 e. The number of pyridine rings is 1. The molecule has 0 saturated heterocycles. The number of likely N-dealkylation sites (N-methyl/N-ethyl adjacent to an activating group) is 2. The molecule has 2 heterocycles. The lowest BCUT2D eigenvalue weighted by atomic mass is 9.97. The summed E-state index contributed by atoms with van der Waals surface area (Å²) in [4.78, 5) is 22.0. The fraction of sp³-hybridized carbons (Fsp3) is 0.258. The first-order valence-corrected chi connectivity index (χ1v) is 13.2. The molecule has 0 aliphatic carbocycles. The Kier molecular flexibility index (Phi) is 9.15. The Hall–Kier alpha value is -4.68. The second kappa shape index (κ2) is 12.9. The molecule has 2 aromatic carbocycles. The van der Waals surface area contributed by atoms with Gasteiger partial charge in [-0.2, -0.15) is 5.26 Å². The monoisotopic (exact) mass is 541 g/mol. The van der Waals surface area contributed by atoms with Crippen LogP contribution in [-0.4, -0.2) is 53.6 Å². The van der Waals surface area contributed by atoms with Crippen molar-refractivity contribution in [2.45, 2.75) is 20.8 Å². The van der Waals surface area contributed by atoms with E-state index in [1.165, 1.54) is 24.5 Å². The fourth-order valence-electron chi connectivity index (χ4n) is 4.55. The lowest BCUT2D eigenvalue weighted by Crippen LogP contribution is -2.35. The van der Waals surface area contributed by atoms with Crippen LogP contribution in [0, 0.1) is 17.1 Å². The summed E-state index contributed by atoms with van der Waals surface area (Å²) in [5, 5.41) is 23.4. The number of furan rings is 1. The van der Waals surface area contributed by atoms with Gasteiger partial charge in [-0.25, -0.2) is 9.37 Å². The molecule has 0 bridgehead atoms. The molecule has 4 aromatic rings. The average Bonchev–Trinajstić information content (AvgIpc) is 3.51. The number of carbonyl (C=O) groups is 1. The number of rotatable bonds is 11. The zero-order valence-corrected chi connectivity index (χ0v) is 22.8. The van der Waals surface area contributed by atoms with E-state index in [1.54, 1.807) is 12.1 Å². The van der Waals surface area contributed by atoms with E-state index in [0.717, 1.165) is 50.0 Å². The van der Waals surface area contributed by atoms with Gasteiger partial charge in [-0.15, -0.1) is 0 Å². The van der Waals surface area contributed by atoms with Crippen LogP contribution < -0.4 is 10.2 Å². The van der Waals surface area contributed by atoms with Gasteiger partial charge in [0.15, 0.2) is 11.6 Å². The third kappa shape index (κ3) is 6.30. The van der Waals surface area contributed by atoms with Crippen LogP contribution >= 0.6 is 0 Å². The summed E-state index contributed by atoms with van der Waals surface area (Å²) in [6.07, 6.45) is 1.37. The smallest absolute Gasteiger partial charge is 0.292 e. The number of nitriles is 1. The van der Waals surface area contributed by atoms with Gasteiger partial charge >= 0.3 is 0 Å². The van der Waals surface area contributed by atoms with Gasteiger partial charge in [0.1, 0.15) is 23.2 Å². The van der Waals surface area contributed by atoms with Gasteiger partial charge in [-0.1, -0.05) is 26.0 Å². The zero-order valence-electron chi connectivity index (χ0n) is 22.8. The quantitative estimate of drug-likeness (QED) is 0.235. The van der Waals surface area contributed by atoms with Gasteiger partial charge in [0, 0.05) is 42.5 Å². The van der Waals surface area contributed by atoms with Gasteiger partial charge in [-0.05, 0) is 68.0 Å². The molecule has 1 amide bonds. The third-order valence-electron chi connectivity index (χ3n) is 6.83. The maximum absolute atomic E-state index is 13.7. The minimum Gasteiger partial charge on any atom is -0.507 e. The lowest BCUT2D eigenvalue weighted by Gasteiger charge is -2.27. The highest BCUT2D eigenvalue weighted by Gasteiger charge is 2.21.